The van der Waals surface area contributed by atoms with Crippen LogP contribution in [0.3, 0.4) is 0 Å². The average molecular weight is 326 g/mol. The third-order valence-corrected chi connectivity index (χ3v) is 4.30. The number of amides is 2. The van der Waals surface area contributed by atoms with Crippen LogP contribution in [0.2, 0.25) is 0 Å². The number of nitrogens with zero attached hydrogens (tertiary/aromatic N) is 4. The van der Waals surface area contributed by atoms with E-state index in [0.29, 0.717) is 13.1 Å². The summed E-state index contributed by atoms with van der Waals surface area (Å²) in [4.78, 5) is 27.3. The highest BCUT2D eigenvalue weighted by Gasteiger charge is 2.46. The largest absolute Gasteiger partial charge is 0.334 e. The minimum absolute atomic E-state index is 0.0189. The number of likely N-dealkylation sites (tertiary alicyclic amines) is 1. The molecule has 1 aromatic rings. The standard InChI is InChI=1S/C15H20F2N4O2/c1-10(2)14(23)19-6-11-3-4-18-21(11)12(7-19)5-13(22)20-8-15(16,17)9-20/h3-4,10,12H,5-9H2,1-2H3/t12-/m1/s1. The Balaban J connectivity index is 1.71. The highest BCUT2D eigenvalue weighted by Crippen LogP contribution is 2.30. The Bertz CT molecular complexity index is 621. The fourth-order valence-electron chi connectivity index (χ4n) is 3.09. The molecule has 0 saturated carbocycles. The molecule has 2 amide bonds. The summed E-state index contributed by atoms with van der Waals surface area (Å²) in [7, 11) is 0. The minimum atomic E-state index is -2.77. The molecule has 126 valence electrons. The van der Waals surface area contributed by atoms with E-state index < -0.39 is 19.0 Å². The second-order valence-electron chi connectivity index (χ2n) is 6.60. The number of carbonyl (C=O) groups excluding carboxylic acids is 2. The molecule has 1 aromatic heterocycles. The SMILES string of the molecule is CC(C)C(=O)N1Cc2ccnn2[C@H](CC(=O)N2CC(F)(F)C2)C1. The van der Waals surface area contributed by atoms with E-state index in [1.807, 2.05) is 19.9 Å². The fourth-order valence-corrected chi connectivity index (χ4v) is 3.09. The lowest BCUT2D eigenvalue weighted by Crippen LogP contribution is -2.59. The minimum Gasteiger partial charge on any atom is -0.334 e. The van der Waals surface area contributed by atoms with E-state index in [0.717, 1.165) is 10.6 Å². The number of carbonyl (C=O) groups is 2. The monoisotopic (exact) mass is 326 g/mol. The van der Waals surface area contributed by atoms with Crippen LogP contribution in [0.4, 0.5) is 8.78 Å². The third-order valence-electron chi connectivity index (χ3n) is 4.30. The molecule has 0 aromatic carbocycles. The summed E-state index contributed by atoms with van der Waals surface area (Å²) in [5, 5.41) is 4.22. The van der Waals surface area contributed by atoms with Gasteiger partial charge < -0.3 is 9.80 Å². The van der Waals surface area contributed by atoms with Crippen LogP contribution in [0.1, 0.15) is 32.0 Å². The molecule has 1 fully saturated rings. The first-order chi connectivity index (χ1) is 10.8. The Kier molecular flexibility index (Phi) is 3.85. The molecule has 0 radical (unpaired) electrons. The predicted molar refractivity (Wildman–Crippen MR) is 77.7 cm³/mol. The number of halogens is 2. The molecule has 0 unspecified atom stereocenters. The molecule has 0 N–H and O–H groups in total. The number of alkyl halides is 2. The van der Waals surface area contributed by atoms with Crippen molar-refractivity contribution in [3.05, 3.63) is 18.0 Å². The molecule has 1 atom stereocenters. The van der Waals surface area contributed by atoms with Crippen molar-refractivity contribution in [3.8, 4) is 0 Å². The van der Waals surface area contributed by atoms with Gasteiger partial charge in [0.15, 0.2) is 0 Å². The first-order valence-corrected chi connectivity index (χ1v) is 7.73. The van der Waals surface area contributed by atoms with Crippen LogP contribution in [0, 0.1) is 5.92 Å². The second-order valence-corrected chi connectivity index (χ2v) is 6.60. The van der Waals surface area contributed by atoms with Gasteiger partial charge in [0.1, 0.15) is 0 Å². The van der Waals surface area contributed by atoms with Crippen LogP contribution >= 0.6 is 0 Å². The van der Waals surface area contributed by atoms with Gasteiger partial charge in [-0.25, -0.2) is 8.78 Å². The zero-order valence-corrected chi connectivity index (χ0v) is 13.2. The Morgan fingerprint density at radius 3 is 2.65 bits per heavy atom. The van der Waals surface area contributed by atoms with Crippen molar-refractivity contribution >= 4 is 11.8 Å². The van der Waals surface area contributed by atoms with E-state index in [1.54, 1.807) is 15.8 Å². The van der Waals surface area contributed by atoms with Crippen molar-refractivity contribution in [1.29, 1.82) is 0 Å². The van der Waals surface area contributed by atoms with Crippen molar-refractivity contribution in [2.75, 3.05) is 19.6 Å². The van der Waals surface area contributed by atoms with E-state index in [9.17, 15) is 18.4 Å². The number of aromatic nitrogens is 2. The van der Waals surface area contributed by atoms with Crippen molar-refractivity contribution < 1.29 is 18.4 Å². The maximum atomic E-state index is 12.9. The van der Waals surface area contributed by atoms with Gasteiger partial charge in [0.2, 0.25) is 11.8 Å². The van der Waals surface area contributed by atoms with Gasteiger partial charge in [-0.2, -0.15) is 5.10 Å². The molecule has 2 aliphatic heterocycles. The van der Waals surface area contributed by atoms with Crippen molar-refractivity contribution in [3.63, 3.8) is 0 Å². The van der Waals surface area contributed by atoms with Crippen molar-refractivity contribution in [2.45, 2.75) is 38.8 Å². The lowest BCUT2D eigenvalue weighted by Gasteiger charge is -2.40. The molecule has 0 aliphatic carbocycles. The Hall–Kier alpha value is -1.99. The average Bonchev–Trinajstić information content (AvgIpc) is 2.92. The second kappa shape index (κ2) is 5.58. The highest BCUT2D eigenvalue weighted by molar-refractivity contribution is 5.79. The van der Waals surface area contributed by atoms with Crippen molar-refractivity contribution in [1.82, 2.24) is 19.6 Å². The summed E-state index contributed by atoms with van der Waals surface area (Å²) in [5.74, 6) is -3.19. The van der Waals surface area contributed by atoms with E-state index >= 15 is 0 Å². The molecule has 0 bridgehead atoms. The van der Waals surface area contributed by atoms with Gasteiger partial charge in [0.25, 0.3) is 5.92 Å². The molecule has 1 saturated heterocycles. The fraction of sp³-hybridized carbons (Fsp3) is 0.667. The van der Waals surface area contributed by atoms with Crippen LogP contribution in [-0.4, -0.2) is 57.0 Å². The zero-order chi connectivity index (χ0) is 16.8. The Morgan fingerprint density at radius 2 is 2.04 bits per heavy atom. The summed E-state index contributed by atoms with van der Waals surface area (Å²) in [6, 6.07) is 1.51. The van der Waals surface area contributed by atoms with Gasteiger partial charge >= 0.3 is 0 Å². The van der Waals surface area contributed by atoms with Crippen LogP contribution in [-0.2, 0) is 16.1 Å². The van der Waals surface area contributed by atoms with E-state index in [1.165, 1.54) is 0 Å². The maximum Gasteiger partial charge on any atom is 0.282 e. The molecular formula is C15H20F2N4O2. The summed E-state index contributed by atoms with van der Waals surface area (Å²) in [6.07, 6.45) is 1.71. The highest BCUT2D eigenvalue weighted by atomic mass is 19.3. The molecule has 8 heteroatoms. The van der Waals surface area contributed by atoms with Crippen LogP contribution in [0.5, 0.6) is 0 Å². The van der Waals surface area contributed by atoms with Crippen molar-refractivity contribution in [2.24, 2.45) is 5.92 Å². The number of fused-ring (bicyclic) bond motifs is 1. The van der Waals surface area contributed by atoms with E-state index in [4.69, 9.17) is 0 Å². The summed E-state index contributed by atoms with van der Waals surface area (Å²) < 4.78 is 27.6. The van der Waals surface area contributed by atoms with Gasteiger partial charge in [-0.05, 0) is 6.07 Å². The molecule has 3 heterocycles. The molecule has 0 spiro atoms. The normalized spacial score (nSPS) is 22.7. The summed E-state index contributed by atoms with van der Waals surface area (Å²) in [6.45, 7) is 3.47. The molecule has 3 rings (SSSR count). The number of rotatable bonds is 3. The first-order valence-electron chi connectivity index (χ1n) is 7.73. The van der Waals surface area contributed by atoms with Gasteiger partial charge in [-0.1, -0.05) is 13.8 Å². The Morgan fingerprint density at radius 1 is 1.35 bits per heavy atom. The van der Waals surface area contributed by atoms with E-state index in [-0.39, 0.29) is 30.2 Å². The molecular weight excluding hydrogens is 306 g/mol. The summed E-state index contributed by atoms with van der Waals surface area (Å²) in [5.41, 5.74) is 0.858. The van der Waals surface area contributed by atoms with Crippen LogP contribution in [0.15, 0.2) is 12.3 Å². The predicted octanol–water partition coefficient (Wildman–Crippen LogP) is 1.29. The van der Waals surface area contributed by atoms with Crippen LogP contribution < -0.4 is 0 Å². The molecule has 2 aliphatic rings. The zero-order valence-electron chi connectivity index (χ0n) is 13.2. The smallest absolute Gasteiger partial charge is 0.282 e. The maximum absolute atomic E-state index is 12.9. The summed E-state index contributed by atoms with van der Waals surface area (Å²) >= 11 is 0. The molecule has 6 nitrogen and oxygen atoms in total. The quantitative estimate of drug-likeness (QED) is 0.841. The first kappa shape index (κ1) is 15.9. The Labute approximate surface area is 133 Å². The lowest BCUT2D eigenvalue weighted by atomic mass is 10.0. The number of hydrogen-bond acceptors (Lipinski definition) is 3. The third kappa shape index (κ3) is 3.07. The van der Waals surface area contributed by atoms with Gasteiger partial charge in [0.05, 0.1) is 37.8 Å². The lowest BCUT2D eigenvalue weighted by molar-refractivity contribution is -0.166. The van der Waals surface area contributed by atoms with Gasteiger partial charge in [-0.15, -0.1) is 0 Å². The molecule has 23 heavy (non-hydrogen) atoms. The van der Waals surface area contributed by atoms with Gasteiger partial charge in [0, 0.05) is 18.7 Å². The van der Waals surface area contributed by atoms with E-state index in [2.05, 4.69) is 5.10 Å². The van der Waals surface area contributed by atoms with Crippen LogP contribution in [0.25, 0.3) is 0 Å². The number of hydrogen-bond donors (Lipinski definition) is 0. The topological polar surface area (TPSA) is 58.4 Å². The van der Waals surface area contributed by atoms with Gasteiger partial charge in [-0.3, -0.25) is 14.3 Å².